The standard InChI is InChI=1S/C10H11FN4O/c1-15-5-12-4-8(15)9-13-10(16-14-9)7-2-6(7)3-11/h4-7H,2-3H2,1H3/t6-,7+/m0/s1. The maximum absolute atomic E-state index is 12.4. The first-order valence-electron chi connectivity index (χ1n) is 5.16. The lowest BCUT2D eigenvalue weighted by Crippen LogP contribution is -1.91. The number of alkyl halides is 1. The van der Waals surface area contributed by atoms with Gasteiger partial charge in [-0.15, -0.1) is 0 Å². The molecule has 0 N–H and O–H groups in total. The average Bonchev–Trinajstić information content (AvgIpc) is 2.70. The Morgan fingerprint density at radius 3 is 3.12 bits per heavy atom. The molecule has 0 radical (unpaired) electrons. The van der Waals surface area contributed by atoms with Crippen LogP contribution in [0, 0.1) is 5.92 Å². The third-order valence-electron chi connectivity index (χ3n) is 2.93. The Bertz CT molecular complexity index is 506. The van der Waals surface area contributed by atoms with Gasteiger partial charge < -0.3 is 9.09 Å². The second-order valence-electron chi connectivity index (χ2n) is 4.10. The van der Waals surface area contributed by atoms with Gasteiger partial charge in [-0.25, -0.2) is 4.98 Å². The van der Waals surface area contributed by atoms with Crippen LogP contribution in [-0.4, -0.2) is 26.4 Å². The van der Waals surface area contributed by atoms with Crippen LogP contribution in [-0.2, 0) is 7.05 Å². The lowest BCUT2D eigenvalue weighted by Gasteiger charge is -1.92. The number of halogens is 1. The highest BCUT2D eigenvalue weighted by atomic mass is 19.1. The summed E-state index contributed by atoms with van der Waals surface area (Å²) in [5.41, 5.74) is 0.799. The van der Waals surface area contributed by atoms with E-state index in [4.69, 9.17) is 4.52 Å². The maximum Gasteiger partial charge on any atom is 0.230 e. The number of nitrogens with zero attached hydrogens (tertiary/aromatic N) is 4. The van der Waals surface area contributed by atoms with E-state index in [9.17, 15) is 4.39 Å². The number of hydrogen-bond donors (Lipinski definition) is 0. The Morgan fingerprint density at radius 1 is 1.62 bits per heavy atom. The Hall–Kier alpha value is -1.72. The molecule has 2 aromatic rings. The van der Waals surface area contributed by atoms with Crippen LogP contribution in [0.1, 0.15) is 18.2 Å². The van der Waals surface area contributed by atoms with Gasteiger partial charge in [0, 0.05) is 13.0 Å². The average molecular weight is 222 g/mol. The molecule has 0 amide bonds. The van der Waals surface area contributed by atoms with Crippen LogP contribution in [0.4, 0.5) is 4.39 Å². The number of aryl methyl sites for hydroxylation is 1. The van der Waals surface area contributed by atoms with Crippen LogP contribution >= 0.6 is 0 Å². The lowest BCUT2D eigenvalue weighted by atomic mass is 10.3. The second kappa shape index (κ2) is 3.40. The summed E-state index contributed by atoms with van der Waals surface area (Å²) >= 11 is 0. The Kier molecular flexibility index (Phi) is 2.02. The van der Waals surface area contributed by atoms with Gasteiger partial charge >= 0.3 is 0 Å². The highest BCUT2D eigenvalue weighted by molar-refractivity contribution is 5.47. The Labute approximate surface area is 91.3 Å². The molecule has 2 heterocycles. The van der Waals surface area contributed by atoms with Crippen molar-refractivity contribution in [3.05, 3.63) is 18.4 Å². The molecule has 3 rings (SSSR count). The molecule has 5 nitrogen and oxygen atoms in total. The molecule has 1 saturated carbocycles. The fraction of sp³-hybridized carbons (Fsp3) is 0.500. The first-order chi connectivity index (χ1) is 7.79. The van der Waals surface area contributed by atoms with E-state index in [2.05, 4.69) is 15.1 Å². The van der Waals surface area contributed by atoms with Crippen LogP contribution in [0.15, 0.2) is 17.0 Å². The third kappa shape index (κ3) is 1.41. The molecule has 0 saturated heterocycles. The van der Waals surface area contributed by atoms with Gasteiger partial charge in [0.05, 0.1) is 19.2 Å². The highest BCUT2D eigenvalue weighted by Gasteiger charge is 2.42. The van der Waals surface area contributed by atoms with Crippen molar-refractivity contribution in [2.75, 3.05) is 6.67 Å². The van der Waals surface area contributed by atoms with E-state index in [1.54, 1.807) is 12.5 Å². The van der Waals surface area contributed by atoms with Gasteiger partial charge in [0.2, 0.25) is 11.7 Å². The first-order valence-corrected chi connectivity index (χ1v) is 5.16. The van der Waals surface area contributed by atoms with E-state index in [1.165, 1.54) is 0 Å². The van der Waals surface area contributed by atoms with Crippen LogP contribution in [0.5, 0.6) is 0 Å². The molecule has 16 heavy (non-hydrogen) atoms. The smallest absolute Gasteiger partial charge is 0.230 e. The highest BCUT2D eigenvalue weighted by Crippen LogP contribution is 2.47. The summed E-state index contributed by atoms with van der Waals surface area (Å²) < 4.78 is 19.3. The van der Waals surface area contributed by atoms with Gasteiger partial charge in [-0.1, -0.05) is 5.16 Å². The number of rotatable bonds is 3. The molecule has 6 heteroatoms. The topological polar surface area (TPSA) is 56.7 Å². The van der Waals surface area contributed by atoms with Gasteiger partial charge in [-0.3, -0.25) is 4.39 Å². The number of imidazole rings is 1. The van der Waals surface area contributed by atoms with Crippen LogP contribution < -0.4 is 0 Å². The fourth-order valence-corrected chi connectivity index (χ4v) is 1.78. The molecule has 0 unspecified atom stereocenters. The predicted molar refractivity (Wildman–Crippen MR) is 53.3 cm³/mol. The lowest BCUT2D eigenvalue weighted by molar-refractivity contribution is 0.367. The molecular formula is C10H11FN4O. The molecule has 1 aliphatic carbocycles. The van der Waals surface area contributed by atoms with Crippen molar-refractivity contribution >= 4 is 0 Å². The molecule has 1 fully saturated rings. The molecule has 84 valence electrons. The molecule has 2 aromatic heterocycles. The van der Waals surface area contributed by atoms with E-state index in [0.717, 1.165) is 12.1 Å². The normalized spacial score (nSPS) is 23.6. The van der Waals surface area contributed by atoms with Crippen molar-refractivity contribution in [2.24, 2.45) is 13.0 Å². The third-order valence-corrected chi connectivity index (χ3v) is 2.93. The zero-order valence-electron chi connectivity index (χ0n) is 8.80. The van der Waals surface area contributed by atoms with Crippen molar-refractivity contribution in [1.82, 2.24) is 19.7 Å². The first kappa shape index (κ1) is 9.50. The summed E-state index contributed by atoms with van der Waals surface area (Å²) in [6.45, 7) is -0.311. The summed E-state index contributed by atoms with van der Waals surface area (Å²) in [5, 5.41) is 3.88. The predicted octanol–water partition coefficient (Wildman–Crippen LogP) is 1.54. The number of hydrogen-bond acceptors (Lipinski definition) is 4. The van der Waals surface area contributed by atoms with E-state index >= 15 is 0 Å². The van der Waals surface area contributed by atoms with E-state index in [1.807, 2.05) is 11.6 Å². The van der Waals surface area contributed by atoms with E-state index < -0.39 is 0 Å². The summed E-state index contributed by atoms with van der Waals surface area (Å²) in [5.74, 6) is 1.23. The molecule has 0 aromatic carbocycles. The van der Waals surface area contributed by atoms with Gasteiger partial charge in [-0.2, -0.15) is 4.98 Å². The van der Waals surface area contributed by atoms with Gasteiger partial charge in [0.1, 0.15) is 5.69 Å². The minimum atomic E-state index is -0.311. The van der Waals surface area contributed by atoms with Crippen LogP contribution in [0.25, 0.3) is 11.5 Å². The summed E-state index contributed by atoms with van der Waals surface area (Å²) in [4.78, 5) is 8.25. The van der Waals surface area contributed by atoms with Crippen molar-refractivity contribution in [1.29, 1.82) is 0 Å². The van der Waals surface area contributed by atoms with Gasteiger partial charge in [0.15, 0.2) is 0 Å². The van der Waals surface area contributed by atoms with Crippen molar-refractivity contribution in [2.45, 2.75) is 12.3 Å². The summed E-state index contributed by atoms with van der Waals surface area (Å²) in [7, 11) is 1.86. The zero-order valence-corrected chi connectivity index (χ0v) is 8.80. The molecule has 2 atom stereocenters. The van der Waals surface area contributed by atoms with Crippen molar-refractivity contribution in [3.8, 4) is 11.5 Å². The van der Waals surface area contributed by atoms with E-state index in [0.29, 0.717) is 11.7 Å². The Balaban J connectivity index is 1.86. The quantitative estimate of drug-likeness (QED) is 0.790. The number of aromatic nitrogens is 4. The summed E-state index contributed by atoms with van der Waals surface area (Å²) in [6.07, 6.45) is 4.16. The van der Waals surface area contributed by atoms with Gasteiger partial charge in [-0.05, 0) is 12.3 Å². The molecular weight excluding hydrogens is 211 g/mol. The molecule has 0 bridgehead atoms. The van der Waals surface area contributed by atoms with Crippen LogP contribution in [0.3, 0.4) is 0 Å². The van der Waals surface area contributed by atoms with E-state index in [-0.39, 0.29) is 18.5 Å². The Morgan fingerprint density at radius 2 is 2.50 bits per heavy atom. The summed E-state index contributed by atoms with van der Waals surface area (Å²) in [6, 6.07) is 0. The maximum atomic E-state index is 12.4. The van der Waals surface area contributed by atoms with Gasteiger partial charge in [0.25, 0.3) is 0 Å². The van der Waals surface area contributed by atoms with Crippen molar-refractivity contribution in [3.63, 3.8) is 0 Å². The molecule has 0 aliphatic heterocycles. The largest absolute Gasteiger partial charge is 0.339 e. The minimum absolute atomic E-state index is 0.0693. The second-order valence-corrected chi connectivity index (χ2v) is 4.10. The molecule has 0 spiro atoms. The monoisotopic (exact) mass is 222 g/mol. The molecule has 1 aliphatic rings. The van der Waals surface area contributed by atoms with Crippen molar-refractivity contribution < 1.29 is 8.91 Å². The minimum Gasteiger partial charge on any atom is -0.339 e. The SMILES string of the molecule is Cn1cncc1-c1noc([C@@H]2C[C@H]2CF)n1. The fourth-order valence-electron chi connectivity index (χ4n) is 1.78. The van der Waals surface area contributed by atoms with Crippen LogP contribution in [0.2, 0.25) is 0 Å². The zero-order chi connectivity index (χ0) is 11.1.